The smallest absolute Gasteiger partial charge is 0.417 e. The van der Waals surface area contributed by atoms with Crippen LogP contribution in [-0.2, 0) is 6.18 Å². The van der Waals surface area contributed by atoms with Crippen molar-refractivity contribution in [1.29, 1.82) is 5.26 Å². The second-order valence-corrected chi connectivity index (χ2v) is 6.66. The van der Waals surface area contributed by atoms with Gasteiger partial charge in [-0.3, -0.25) is 4.79 Å². The van der Waals surface area contributed by atoms with Gasteiger partial charge < -0.3 is 14.2 Å². The van der Waals surface area contributed by atoms with Crippen LogP contribution in [0.3, 0.4) is 0 Å². The van der Waals surface area contributed by atoms with E-state index in [1.165, 1.54) is 6.07 Å². The van der Waals surface area contributed by atoms with Crippen molar-refractivity contribution in [3.63, 3.8) is 0 Å². The molecule has 2 aromatic heterocycles. The van der Waals surface area contributed by atoms with Gasteiger partial charge in [-0.15, -0.1) is 0 Å². The molecule has 0 unspecified atom stereocenters. The topological polar surface area (TPSA) is 73.4 Å². The van der Waals surface area contributed by atoms with Gasteiger partial charge in [0.2, 0.25) is 0 Å². The highest BCUT2D eigenvalue weighted by Crippen LogP contribution is 2.29. The molecule has 3 aromatic rings. The summed E-state index contributed by atoms with van der Waals surface area (Å²) in [6, 6.07) is 10.9. The van der Waals surface area contributed by atoms with Gasteiger partial charge in [0.05, 0.1) is 17.2 Å². The van der Waals surface area contributed by atoms with Crippen LogP contribution in [0.5, 0.6) is 0 Å². The number of pyridine rings is 1. The number of alkyl halides is 3. The Balaban J connectivity index is 1.43. The molecule has 9 heteroatoms. The fraction of sp³-hybridized carbons (Fsp3) is 0.250. The Kier molecular flexibility index (Phi) is 4.62. The number of fused-ring (bicyclic) bond motifs is 1. The van der Waals surface area contributed by atoms with E-state index in [4.69, 9.17) is 9.68 Å². The summed E-state index contributed by atoms with van der Waals surface area (Å²) >= 11 is 0. The molecule has 0 spiro atoms. The zero-order valence-corrected chi connectivity index (χ0v) is 15.1. The lowest BCUT2D eigenvalue weighted by molar-refractivity contribution is -0.137. The minimum absolute atomic E-state index is 0.191. The molecule has 6 nitrogen and oxygen atoms in total. The first-order valence-electron chi connectivity index (χ1n) is 8.86. The van der Waals surface area contributed by atoms with Crippen LogP contribution in [0.25, 0.3) is 11.0 Å². The van der Waals surface area contributed by atoms with Crippen LogP contribution in [-0.4, -0.2) is 42.0 Å². The number of carbonyl (C=O) groups is 1. The summed E-state index contributed by atoms with van der Waals surface area (Å²) in [4.78, 5) is 20.1. The molecule has 1 aliphatic heterocycles. The van der Waals surface area contributed by atoms with E-state index >= 15 is 0 Å². The number of aromatic nitrogens is 1. The first kappa shape index (κ1) is 18.8. The largest absolute Gasteiger partial charge is 0.451 e. The van der Waals surface area contributed by atoms with Crippen molar-refractivity contribution in [1.82, 2.24) is 9.88 Å². The number of anilines is 1. The predicted molar refractivity (Wildman–Crippen MR) is 98.3 cm³/mol. The highest BCUT2D eigenvalue weighted by atomic mass is 19.4. The molecule has 1 amide bonds. The molecule has 0 aliphatic carbocycles. The molecule has 29 heavy (non-hydrogen) atoms. The summed E-state index contributed by atoms with van der Waals surface area (Å²) in [5, 5.41) is 9.65. The third kappa shape index (κ3) is 3.74. The minimum atomic E-state index is -4.42. The molecule has 1 saturated heterocycles. The van der Waals surface area contributed by atoms with Crippen molar-refractivity contribution in [3.8, 4) is 6.07 Å². The standard InChI is InChI=1S/C20H15F3N4O2/c21-20(22,23)15-2-4-18(25-12-15)26-5-7-27(8-6-26)19(28)17-10-14-9-13(11-24)1-3-16(14)29-17/h1-4,9-10,12H,5-8H2. The molecule has 4 rings (SSSR count). The van der Waals surface area contributed by atoms with E-state index in [2.05, 4.69) is 4.98 Å². The van der Waals surface area contributed by atoms with Gasteiger partial charge in [0.1, 0.15) is 11.4 Å². The first-order valence-corrected chi connectivity index (χ1v) is 8.86. The Morgan fingerprint density at radius 2 is 1.86 bits per heavy atom. The number of furan rings is 1. The van der Waals surface area contributed by atoms with Crippen molar-refractivity contribution in [2.75, 3.05) is 31.1 Å². The molecule has 0 saturated carbocycles. The maximum atomic E-state index is 12.7. The number of amides is 1. The van der Waals surface area contributed by atoms with Crippen LogP contribution in [0, 0.1) is 11.3 Å². The van der Waals surface area contributed by atoms with Crippen LogP contribution in [0.1, 0.15) is 21.7 Å². The lowest BCUT2D eigenvalue weighted by Crippen LogP contribution is -2.49. The molecular weight excluding hydrogens is 385 g/mol. The van der Waals surface area contributed by atoms with Gasteiger partial charge >= 0.3 is 6.18 Å². The summed E-state index contributed by atoms with van der Waals surface area (Å²) in [6.45, 7) is 1.68. The Bertz CT molecular complexity index is 1090. The fourth-order valence-electron chi connectivity index (χ4n) is 3.25. The predicted octanol–water partition coefficient (Wildman–Crippen LogP) is 3.68. The second-order valence-electron chi connectivity index (χ2n) is 6.66. The Morgan fingerprint density at radius 3 is 2.48 bits per heavy atom. The van der Waals surface area contributed by atoms with E-state index in [1.54, 1.807) is 29.2 Å². The summed E-state index contributed by atoms with van der Waals surface area (Å²) in [6.07, 6.45) is -3.60. The Hall–Kier alpha value is -3.54. The van der Waals surface area contributed by atoms with Gasteiger partial charge in [-0.2, -0.15) is 18.4 Å². The summed E-state index contributed by atoms with van der Waals surface area (Å²) < 4.78 is 43.6. The van der Waals surface area contributed by atoms with Crippen molar-refractivity contribution in [3.05, 3.63) is 59.5 Å². The molecule has 0 radical (unpaired) electrons. The van der Waals surface area contributed by atoms with E-state index in [1.807, 2.05) is 11.0 Å². The van der Waals surface area contributed by atoms with Gasteiger partial charge in [0.15, 0.2) is 5.76 Å². The third-order valence-corrected chi connectivity index (χ3v) is 4.82. The Labute approximate surface area is 163 Å². The minimum Gasteiger partial charge on any atom is -0.451 e. The van der Waals surface area contributed by atoms with E-state index in [9.17, 15) is 18.0 Å². The Morgan fingerprint density at radius 1 is 1.10 bits per heavy atom. The molecular formula is C20H15F3N4O2. The van der Waals surface area contributed by atoms with Gasteiger partial charge in [-0.25, -0.2) is 4.98 Å². The average molecular weight is 400 g/mol. The monoisotopic (exact) mass is 400 g/mol. The molecule has 1 fully saturated rings. The number of benzene rings is 1. The van der Waals surface area contributed by atoms with Crippen molar-refractivity contribution >= 4 is 22.7 Å². The molecule has 148 valence electrons. The quantitative estimate of drug-likeness (QED) is 0.656. The van der Waals surface area contributed by atoms with E-state index < -0.39 is 11.7 Å². The second kappa shape index (κ2) is 7.13. The van der Waals surface area contributed by atoms with E-state index in [-0.39, 0.29) is 11.7 Å². The van der Waals surface area contributed by atoms with Crippen molar-refractivity contribution in [2.24, 2.45) is 0 Å². The van der Waals surface area contributed by atoms with E-state index in [0.29, 0.717) is 48.5 Å². The molecule has 0 atom stereocenters. The van der Waals surface area contributed by atoms with Crippen LogP contribution in [0.4, 0.5) is 19.0 Å². The lowest BCUT2D eigenvalue weighted by atomic mass is 10.2. The highest BCUT2D eigenvalue weighted by Gasteiger charge is 2.31. The molecule has 3 heterocycles. The van der Waals surface area contributed by atoms with Gasteiger partial charge in [-0.05, 0) is 36.4 Å². The summed E-state index contributed by atoms with van der Waals surface area (Å²) in [5.41, 5.74) is 0.217. The normalized spacial score (nSPS) is 14.8. The zero-order valence-electron chi connectivity index (χ0n) is 15.1. The molecule has 1 aliphatic rings. The van der Waals surface area contributed by atoms with Crippen LogP contribution in [0.2, 0.25) is 0 Å². The third-order valence-electron chi connectivity index (χ3n) is 4.82. The molecule has 0 bridgehead atoms. The number of hydrogen-bond donors (Lipinski definition) is 0. The fourth-order valence-corrected chi connectivity index (χ4v) is 3.25. The number of nitrogens with zero attached hydrogens (tertiary/aromatic N) is 4. The number of rotatable bonds is 2. The first-order chi connectivity index (χ1) is 13.8. The van der Waals surface area contributed by atoms with Gasteiger partial charge in [-0.1, -0.05) is 0 Å². The lowest BCUT2D eigenvalue weighted by Gasteiger charge is -2.35. The molecule has 1 aromatic carbocycles. The van der Waals surface area contributed by atoms with E-state index in [0.717, 1.165) is 12.3 Å². The number of hydrogen-bond acceptors (Lipinski definition) is 5. The summed E-state index contributed by atoms with van der Waals surface area (Å²) in [5.74, 6) is 0.369. The van der Waals surface area contributed by atoms with Gasteiger partial charge in [0.25, 0.3) is 5.91 Å². The zero-order chi connectivity index (χ0) is 20.6. The SMILES string of the molecule is N#Cc1ccc2oc(C(=O)N3CCN(c4ccc(C(F)(F)F)cn4)CC3)cc2c1. The van der Waals surface area contributed by atoms with Crippen molar-refractivity contribution in [2.45, 2.75) is 6.18 Å². The van der Waals surface area contributed by atoms with Crippen LogP contribution in [0.15, 0.2) is 47.0 Å². The molecule has 0 N–H and O–H groups in total. The van der Waals surface area contributed by atoms with Gasteiger partial charge in [0, 0.05) is 37.8 Å². The number of carbonyl (C=O) groups excluding carboxylic acids is 1. The maximum Gasteiger partial charge on any atom is 0.417 e. The number of piperazine rings is 1. The number of nitriles is 1. The van der Waals surface area contributed by atoms with Crippen LogP contribution < -0.4 is 4.90 Å². The van der Waals surface area contributed by atoms with Crippen LogP contribution >= 0.6 is 0 Å². The number of halogens is 3. The maximum absolute atomic E-state index is 12.7. The average Bonchev–Trinajstić information content (AvgIpc) is 3.16. The van der Waals surface area contributed by atoms with Crippen molar-refractivity contribution < 1.29 is 22.4 Å². The highest BCUT2D eigenvalue weighted by molar-refractivity contribution is 5.96. The summed E-state index contributed by atoms with van der Waals surface area (Å²) in [7, 11) is 0.